The fourth-order valence-corrected chi connectivity index (χ4v) is 4.53. The Balaban J connectivity index is 1.85. The van der Waals surface area contributed by atoms with E-state index in [1.165, 1.54) is 11.1 Å². The monoisotopic (exact) mass is 434 g/mol. The third kappa shape index (κ3) is 7.74. The number of hydrogen-bond acceptors (Lipinski definition) is 4. The van der Waals surface area contributed by atoms with E-state index in [1.807, 2.05) is 18.2 Å². The maximum Gasteiger partial charge on any atom is 0.240 e. The topological polar surface area (TPSA) is 66.5 Å². The van der Waals surface area contributed by atoms with E-state index in [0.29, 0.717) is 18.2 Å². The van der Waals surface area contributed by atoms with Gasteiger partial charge in [-0.2, -0.15) is 11.8 Å². The van der Waals surface area contributed by atoms with E-state index in [-0.39, 0.29) is 12.5 Å². The van der Waals surface area contributed by atoms with E-state index in [1.54, 1.807) is 23.9 Å². The SMILES string of the molecule is Cc1cccc(CSCCNC(=O)CN(c2ccc(C(C)C)cc2)S(C)(=O)=O)c1. The van der Waals surface area contributed by atoms with Crippen molar-refractivity contribution in [1.29, 1.82) is 0 Å². The number of carbonyl (C=O) groups excluding carboxylic acids is 1. The molecule has 1 amide bonds. The molecule has 0 bridgehead atoms. The van der Waals surface area contributed by atoms with Crippen LogP contribution in [0.4, 0.5) is 5.69 Å². The largest absolute Gasteiger partial charge is 0.354 e. The predicted molar refractivity (Wildman–Crippen MR) is 123 cm³/mol. The number of carbonyl (C=O) groups is 1. The predicted octanol–water partition coefficient (Wildman–Crippen LogP) is 3.93. The smallest absolute Gasteiger partial charge is 0.240 e. The van der Waals surface area contributed by atoms with E-state index in [2.05, 4.69) is 44.3 Å². The van der Waals surface area contributed by atoms with Crippen LogP contribution in [-0.2, 0) is 20.6 Å². The molecule has 2 aromatic carbocycles. The fourth-order valence-electron chi connectivity index (χ4n) is 2.87. The van der Waals surface area contributed by atoms with Crippen molar-refractivity contribution in [3.05, 3.63) is 65.2 Å². The normalized spacial score (nSPS) is 11.5. The zero-order chi connectivity index (χ0) is 21.4. The molecule has 158 valence electrons. The first-order valence-corrected chi connectivity index (χ1v) is 12.6. The first kappa shape index (κ1) is 23.3. The number of rotatable bonds is 10. The average molecular weight is 435 g/mol. The lowest BCUT2D eigenvalue weighted by Gasteiger charge is -2.22. The van der Waals surface area contributed by atoms with Gasteiger partial charge in [0.15, 0.2) is 0 Å². The van der Waals surface area contributed by atoms with Crippen LogP contribution in [0.5, 0.6) is 0 Å². The first-order valence-electron chi connectivity index (χ1n) is 9.64. The van der Waals surface area contributed by atoms with Crippen LogP contribution in [0.15, 0.2) is 48.5 Å². The second-order valence-electron chi connectivity index (χ2n) is 7.41. The van der Waals surface area contributed by atoms with Crippen LogP contribution in [-0.4, -0.2) is 39.4 Å². The Bertz CT molecular complexity index is 910. The van der Waals surface area contributed by atoms with E-state index in [4.69, 9.17) is 0 Å². The molecule has 0 spiro atoms. The lowest BCUT2D eigenvalue weighted by Crippen LogP contribution is -2.41. The molecule has 1 N–H and O–H groups in total. The highest BCUT2D eigenvalue weighted by Crippen LogP contribution is 2.21. The van der Waals surface area contributed by atoms with Crippen LogP contribution in [0, 0.1) is 6.92 Å². The van der Waals surface area contributed by atoms with Gasteiger partial charge in [0, 0.05) is 18.1 Å². The van der Waals surface area contributed by atoms with Gasteiger partial charge in [-0.3, -0.25) is 9.10 Å². The zero-order valence-corrected chi connectivity index (χ0v) is 19.1. The van der Waals surface area contributed by atoms with E-state index in [0.717, 1.165) is 27.6 Å². The first-order chi connectivity index (χ1) is 13.7. The third-order valence-corrected chi connectivity index (χ3v) is 6.63. The van der Waals surface area contributed by atoms with Crippen LogP contribution < -0.4 is 9.62 Å². The van der Waals surface area contributed by atoms with Gasteiger partial charge in [0.1, 0.15) is 6.54 Å². The van der Waals surface area contributed by atoms with Crippen molar-refractivity contribution in [3.63, 3.8) is 0 Å². The third-order valence-electron chi connectivity index (χ3n) is 4.46. The number of hydrogen-bond donors (Lipinski definition) is 1. The number of nitrogens with zero attached hydrogens (tertiary/aromatic N) is 1. The summed E-state index contributed by atoms with van der Waals surface area (Å²) in [5.74, 6) is 1.70. The minimum atomic E-state index is -3.55. The molecule has 0 heterocycles. The van der Waals surface area contributed by atoms with Crippen LogP contribution in [0.2, 0.25) is 0 Å². The standard InChI is InChI=1S/C22H30N2O3S2/c1-17(2)20-8-10-21(11-9-20)24(29(4,26)27)15-22(25)23-12-13-28-16-19-7-5-6-18(3)14-19/h5-11,14,17H,12-13,15-16H2,1-4H3,(H,23,25). The molecule has 0 radical (unpaired) electrons. The van der Waals surface area contributed by atoms with Gasteiger partial charge in [-0.1, -0.05) is 55.8 Å². The molecule has 0 aliphatic heterocycles. The number of nitrogens with one attached hydrogen (secondary N) is 1. The van der Waals surface area contributed by atoms with Crippen molar-refractivity contribution >= 4 is 33.4 Å². The Morgan fingerprint density at radius 3 is 2.41 bits per heavy atom. The molecule has 7 heteroatoms. The number of anilines is 1. The number of benzene rings is 2. The van der Waals surface area contributed by atoms with E-state index >= 15 is 0 Å². The van der Waals surface area contributed by atoms with Crippen molar-refractivity contribution in [2.75, 3.05) is 29.4 Å². The second-order valence-corrected chi connectivity index (χ2v) is 10.4. The van der Waals surface area contributed by atoms with Gasteiger partial charge in [0.25, 0.3) is 0 Å². The summed E-state index contributed by atoms with van der Waals surface area (Å²) in [6, 6.07) is 15.7. The molecule has 0 fully saturated rings. The van der Waals surface area contributed by atoms with Gasteiger partial charge in [-0.25, -0.2) is 8.42 Å². The minimum Gasteiger partial charge on any atom is -0.354 e. The molecule has 2 rings (SSSR count). The van der Waals surface area contributed by atoms with Crippen LogP contribution in [0.3, 0.4) is 0 Å². The molecule has 0 unspecified atom stereocenters. The van der Waals surface area contributed by atoms with Crippen molar-refractivity contribution in [1.82, 2.24) is 5.32 Å². The summed E-state index contributed by atoms with van der Waals surface area (Å²) >= 11 is 1.74. The van der Waals surface area contributed by atoms with Gasteiger partial charge in [-0.05, 0) is 36.1 Å². The molecular weight excluding hydrogens is 404 g/mol. The summed E-state index contributed by atoms with van der Waals surface area (Å²) < 4.78 is 25.5. The van der Waals surface area contributed by atoms with Crippen molar-refractivity contribution in [2.45, 2.75) is 32.4 Å². The number of amides is 1. The van der Waals surface area contributed by atoms with Crippen molar-refractivity contribution in [2.24, 2.45) is 0 Å². The van der Waals surface area contributed by atoms with E-state index < -0.39 is 10.0 Å². The zero-order valence-electron chi connectivity index (χ0n) is 17.5. The van der Waals surface area contributed by atoms with Gasteiger partial charge in [0.2, 0.25) is 15.9 Å². The Morgan fingerprint density at radius 1 is 1.14 bits per heavy atom. The quantitative estimate of drug-likeness (QED) is 0.575. The summed E-state index contributed by atoms with van der Waals surface area (Å²) in [5, 5.41) is 2.82. The van der Waals surface area contributed by atoms with Crippen LogP contribution in [0.1, 0.15) is 36.5 Å². The molecule has 0 aliphatic rings. The molecule has 0 aromatic heterocycles. The van der Waals surface area contributed by atoms with E-state index in [9.17, 15) is 13.2 Å². The number of sulfonamides is 1. The Morgan fingerprint density at radius 2 is 1.83 bits per heavy atom. The van der Waals surface area contributed by atoms with Crippen LogP contribution >= 0.6 is 11.8 Å². The molecule has 0 atom stereocenters. The highest BCUT2D eigenvalue weighted by Gasteiger charge is 2.20. The number of thioether (sulfide) groups is 1. The Labute approximate surface area is 178 Å². The summed E-state index contributed by atoms with van der Waals surface area (Å²) in [6.45, 7) is 6.50. The number of aryl methyl sites for hydroxylation is 1. The summed E-state index contributed by atoms with van der Waals surface area (Å²) in [5.41, 5.74) is 4.12. The summed E-state index contributed by atoms with van der Waals surface area (Å²) in [4.78, 5) is 12.3. The van der Waals surface area contributed by atoms with Gasteiger partial charge in [0.05, 0.1) is 11.9 Å². The van der Waals surface area contributed by atoms with Gasteiger partial charge < -0.3 is 5.32 Å². The lowest BCUT2D eigenvalue weighted by molar-refractivity contribution is -0.119. The van der Waals surface area contributed by atoms with Crippen molar-refractivity contribution in [3.8, 4) is 0 Å². The second kappa shape index (κ2) is 10.7. The maximum absolute atomic E-state index is 12.3. The molecule has 2 aromatic rings. The Hall–Kier alpha value is -1.99. The highest BCUT2D eigenvalue weighted by atomic mass is 32.2. The average Bonchev–Trinajstić information content (AvgIpc) is 2.65. The van der Waals surface area contributed by atoms with Gasteiger partial charge >= 0.3 is 0 Å². The molecule has 0 saturated carbocycles. The van der Waals surface area contributed by atoms with Crippen molar-refractivity contribution < 1.29 is 13.2 Å². The molecule has 0 saturated heterocycles. The Kier molecular flexibility index (Phi) is 8.59. The summed E-state index contributed by atoms with van der Waals surface area (Å²) in [7, 11) is -3.55. The summed E-state index contributed by atoms with van der Waals surface area (Å²) in [6.07, 6.45) is 1.12. The highest BCUT2D eigenvalue weighted by molar-refractivity contribution is 7.98. The molecule has 5 nitrogen and oxygen atoms in total. The molecule has 29 heavy (non-hydrogen) atoms. The minimum absolute atomic E-state index is 0.220. The fraction of sp³-hybridized carbons (Fsp3) is 0.409. The van der Waals surface area contributed by atoms with Gasteiger partial charge in [-0.15, -0.1) is 0 Å². The van der Waals surface area contributed by atoms with Crippen LogP contribution in [0.25, 0.3) is 0 Å². The lowest BCUT2D eigenvalue weighted by atomic mass is 10.0. The molecular formula is C22H30N2O3S2. The maximum atomic E-state index is 12.3. The molecule has 0 aliphatic carbocycles.